The lowest BCUT2D eigenvalue weighted by Crippen LogP contribution is -2.32. The maximum atomic E-state index is 13.6. The summed E-state index contributed by atoms with van der Waals surface area (Å²) in [5.74, 6) is -0.676. The number of benzene rings is 1. The maximum Gasteiger partial charge on any atom is 0.295 e. The number of hydrogen-bond donors (Lipinski definition) is 2. The highest BCUT2D eigenvalue weighted by molar-refractivity contribution is 5.63. The van der Waals surface area contributed by atoms with E-state index in [0.29, 0.717) is 6.42 Å². The van der Waals surface area contributed by atoms with Crippen molar-refractivity contribution in [3.63, 3.8) is 0 Å². The fourth-order valence-corrected chi connectivity index (χ4v) is 1.47. The minimum atomic E-state index is -0.676. The lowest BCUT2D eigenvalue weighted by molar-refractivity contribution is -0.384. The molecule has 0 atom stereocenters. The van der Waals surface area contributed by atoms with Crippen molar-refractivity contribution in [2.75, 3.05) is 11.9 Å². The molecule has 0 aliphatic rings. The van der Waals surface area contributed by atoms with Crippen molar-refractivity contribution in [2.45, 2.75) is 25.8 Å². The van der Waals surface area contributed by atoms with Gasteiger partial charge in [-0.25, -0.2) is 4.39 Å². The van der Waals surface area contributed by atoms with Crippen LogP contribution in [0, 0.1) is 15.9 Å². The van der Waals surface area contributed by atoms with Gasteiger partial charge in [0.25, 0.3) is 5.69 Å². The van der Waals surface area contributed by atoms with Crippen LogP contribution in [0.25, 0.3) is 0 Å². The molecule has 1 rings (SSSR count). The number of halogens is 1. The van der Waals surface area contributed by atoms with Gasteiger partial charge in [-0.15, -0.1) is 0 Å². The summed E-state index contributed by atoms with van der Waals surface area (Å²) in [7, 11) is 0. The molecule has 17 heavy (non-hydrogen) atoms. The molecule has 0 heterocycles. The van der Waals surface area contributed by atoms with E-state index in [2.05, 4.69) is 5.32 Å². The number of hydrogen-bond acceptors (Lipinski definition) is 4. The molecule has 1 aromatic rings. The molecule has 0 aliphatic heterocycles. The summed E-state index contributed by atoms with van der Waals surface area (Å²) >= 11 is 0. The van der Waals surface area contributed by atoms with E-state index in [1.807, 2.05) is 0 Å². The first-order valence-electron chi connectivity index (χ1n) is 5.19. The number of aliphatic hydroxyl groups excluding tert-OH is 1. The van der Waals surface area contributed by atoms with Crippen LogP contribution in [0.5, 0.6) is 0 Å². The quantitative estimate of drug-likeness (QED) is 0.613. The van der Waals surface area contributed by atoms with Crippen molar-refractivity contribution in [1.29, 1.82) is 0 Å². The van der Waals surface area contributed by atoms with Gasteiger partial charge in [0.2, 0.25) is 0 Å². The van der Waals surface area contributed by atoms with E-state index in [4.69, 9.17) is 5.11 Å². The summed E-state index contributed by atoms with van der Waals surface area (Å²) in [6, 6.07) is 3.68. The lowest BCUT2D eigenvalue weighted by Gasteiger charge is -2.26. The molecule has 0 unspecified atom stereocenters. The van der Waals surface area contributed by atoms with Gasteiger partial charge in [0.15, 0.2) is 5.82 Å². The molecule has 0 saturated carbocycles. The Labute approximate surface area is 98.4 Å². The van der Waals surface area contributed by atoms with Gasteiger partial charge < -0.3 is 10.4 Å². The van der Waals surface area contributed by atoms with Crippen molar-refractivity contribution in [3.05, 3.63) is 34.1 Å². The molecule has 0 radical (unpaired) electrons. The molecule has 0 bridgehead atoms. The predicted molar refractivity (Wildman–Crippen MR) is 62.5 cm³/mol. The van der Waals surface area contributed by atoms with Crippen LogP contribution in [0.15, 0.2) is 18.2 Å². The molecule has 0 fully saturated rings. The van der Waals surface area contributed by atoms with Crippen LogP contribution < -0.4 is 5.32 Å². The third-order valence-corrected chi connectivity index (χ3v) is 2.39. The van der Waals surface area contributed by atoms with Crippen LogP contribution in [-0.2, 0) is 0 Å². The molecule has 2 N–H and O–H groups in total. The Kier molecular flexibility index (Phi) is 4.01. The standard InChI is InChI=1S/C11H15FN2O3/c1-11(2,6-7-15)13-10-8(12)4-3-5-9(10)14(16)17/h3-5,13,15H,6-7H2,1-2H3. The van der Waals surface area contributed by atoms with Gasteiger partial charge in [0, 0.05) is 18.2 Å². The minimum Gasteiger partial charge on any atom is -0.396 e. The Morgan fingerprint density at radius 3 is 2.71 bits per heavy atom. The highest BCUT2D eigenvalue weighted by atomic mass is 19.1. The highest BCUT2D eigenvalue weighted by Crippen LogP contribution is 2.30. The first-order chi connectivity index (χ1) is 7.87. The van der Waals surface area contributed by atoms with Crippen molar-refractivity contribution in [2.24, 2.45) is 0 Å². The summed E-state index contributed by atoms with van der Waals surface area (Å²) in [6.07, 6.45) is 0.360. The zero-order valence-electron chi connectivity index (χ0n) is 9.74. The third-order valence-electron chi connectivity index (χ3n) is 2.39. The van der Waals surface area contributed by atoms with Gasteiger partial charge in [-0.1, -0.05) is 6.07 Å². The maximum absolute atomic E-state index is 13.6. The van der Waals surface area contributed by atoms with Crippen LogP contribution in [-0.4, -0.2) is 22.2 Å². The van der Waals surface area contributed by atoms with E-state index in [9.17, 15) is 14.5 Å². The molecule has 1 aromatic carbocycles. The highest BCUT2D eigenvalue weighted by Gasteiger charge is 2.24. The molecular weight excluding hydrogens is 227 g/mol. The van der Waals surface area contributed by atoms with E-state index in [1.54, 1.807) is 13.8 Å². The van der Waals surface area contributed by atoms with Crippen LogP contribution in [0.4, 0.5) is 15.8 Å². The zero-order chi connectivity index (χ0) is 13.1. The molecule has 0 aromatic heterocycles. The summed E-state index contributed by atoms with van der Waals surface area (Å²) in [6.45, 7) is 3.39. The normalized spacial score (nSPS) is 11.3. The number of anilines is 1. The third kappa shape index (κ3) is 3.39. The smallest absolute Gasteiger partial charge is 0.295 e. The summed E-state index contributed by atoms with van der Waals surface area (Å²) in [5, 5.41) is 22.4. The molecular formula is C11H15FN2O3. The second-order valence-electron chi connectivity index (χ2n) is 4.37. The van der Waals surface area contributed by atoms with Crippen LogP contribution in [0.1, 0.15) is 20.3 Å². The number of para-hydroxylation sites is 1. The Balaban J connectivity index is 3.08. The number of aliphatic hydroxyl groups is 1. The average molecular weight is 242 g/mol. The largest absolute Gasteiger partial charge is 0.396 e. The molecule has 0 saturated heterocycles. The van der Waals surface area contributed by atoms with Crippen molar-refractivity contribution in [3.8, 4) is 0 Å². The Hall–Kier alpha value is -1.69. The first-order valence-corrected chi connectivity index (χ1v) is 5.19. The molecule has 6 heteroatoms. The fraction of sp³-hybridized carbons (Fsp3) is 0.455. The SMILES string of the molecule is CC(C)(CCO)Nc1c(F)cccc1[N+](=O)[O-]. The fourth-order valence-electron chi connectivity index (χ4n) is 1.47. The molecule has 5 nitrogen and oxygen atoms in total. The number of rotatable bonds is 5. The van der Waals surface area contributed by atoms with Crippen molar-refractivity contribution < 1.29 is 14.4 Å². The second kappa shape index (κ2) is 5.09. The van der Waals surface area contributed by atoms with E-state index >= 15 is 0 Å². The van der Waals surface area contributed by atoms with Crippen molar-refractivity contribution >= 4 is 11.4 Å². The van der Waals surface area contributed by atoms with Gasteiger partial charge in [-0.2, -0.15) is 0 Å². The molecule has 0 amide bonds. The van der Waals surface area contributed by atoms with Crippen LogP contribution >= 0.6 is 0 Å². The van der Waals surface area contributed by atoms with E-state index in [0.717, 1.165) is 6.07 Å². The van der Waals surface area contributed by atoms with Gasteiger partial charge in [0.05, 0.1) is 4.92 Å². The van der Waals surface area contributed by atoms with Gasteiger partial charge >= 0.3 is 0 Å². The molecule has 0 aliphatic carbocycles. The molecule has 94 valence electrons. The van der Waals surface area contributed by atoms with E-state index in [1.165, 1.54) is 12.1 Å². The van der Waals surface area contributed by atoms with Gasteiger partial charge in [-0.3, -0.25) is 10.1 Å². The Morgan fingerprint density at radius 2 is 2.18 bits per heavy atom. The molecule has 0 spiro atoms. The van der Waals surface area contributed by atoms with E-state index < -0.39 is 16.3 Å². The van der Waals surface area contributed by atoms with Crippen LogP contribution in [0.3, 0.4) is 0 Å². The average Bonchev–Trinajstić information content (AvgIpc) is 2.20. The van der Waals surface area contributed by atoms with Crippen molar-refractivity contribution in [1.82, 2.24) is 0 Å². The Bertz CT molecular complexity index is 421. The predicted octanol–water partition coefficient (Wildman–Crippen LogP) is 2.31. The monoisotopic (exact) mass is 242 g/mol. The van der Waals surface area contributed by atoms with Crippen LogP contribution in [0.2, 0.25) is 0 Å². The number of nitrogens with zero attached hydrogens (tertiary/aromatic N) is 1. The summed E-state index contributed by atoms with van der Waals surface area (Å²) < 4.78 is 13.6. The lowest BCUT2D eigenvalue weighted by atomic mass is 10.0. The van der Waals surface area contributed by atoms with E-state index in [-0.39, 0.29) is 18.0 Å². The Morgan fingerprint density at radius 1 is 1.53 bits per heavy atom. The summed E-state index contributed by atoms with van der Waals surface area (Å²) in [5.41, 5.74) is -1.08. The number of nitrogens with one attached hydrogen (secondary N) is 1. The van der Waals surface area contributed by atoms with Gasteiger partial charge in [0.1, 0.15) is 5.69 Å². The second-order valence-corrected chi connectivity index (χ2v) is 4.37. The summed E-state index contributed by atoms with van der Waals surface area (Å²) in [4.78, 5) is 10.1. The zero-order valence-corrected chi connectivity index (χ0v) is 9.74. The topological polar surface area (TPSA) is 75.4 Å². The number of nitro groups is 1. The minimum absolute atomic E-state index is 0.0811. The first kappa shape index (κ1) is 13.4. The van der Waals surface area contributed by atoms with Gasteiger partial charge in [-0.05, 0) is 26.3 Å². The number of nitro benzene ring substituents is 1.